The molecule has 0 aromatic heterocycles. The van der Waals surface area contributed by atoms with Crippen molar-refractivity contribution in [2.24, 2.45) is 5.10 Å². The van der Waals surface area contributed by atoms with E-state index in [4.69, 9.17) is 26.4 Å². The van der Waals surface area contributed by atoms with Gasteiger partial charge >= 0.3 is 5.97 Å². The summed E-state index contributed by atoms with van der Waals surface area (Å²) in [7, 11) is 0. The fraction of sp³-hybridized carbons (Fsp3) is 0.200. The third-order valence-corrected chi connectivity index (χ3v) is 7.72. The average Bonchev–Trinajstić information content (AvgIpc) is 2.96. The van der Waals surface area contributed by atoms with Crippen LogP contribution in [0.5, 0.6) is 11.5 Å². The van der Waals surface area contributed by atoms with Crippen LogP contribution in [0.3, 0.4) is 0 Å². The number of allylic oxidation sites excluding steroid dienone is 1. The lowest BCUT2D eigenvalue weighted by Gasteiger charge is -2.30. The highest BCUT2D eigenvalue weighted by atomic mass is 127. The molecule has 1 atom stereocenters. The number of carbonyl (C=O) groups excluding carboxylic acids is 2. The molecular formula is C30H27FI2N4O5S. The summed E-state index contributed by atoms with van der Waals surface area (Å²) in [5.41, 5.74) is 5.50. The Bertz CT molecular complexity index is 1580. The second-order valence-corrected chi connectivity index (χ2v) is 11.9. The van der Waals surface area contributed by atoms with Gasteiger partial charge in [-0.2, -0.15) is 5.10 Å². The van der Waals surface area contributed by atoms with Crippen LogP contribution in [0.2, 0.25) is 0 Å². The second kappa shape index (κ2) is 15.4. The number of esters is 1. The van der Waals surface area contributed by atoms with E-state index in [1.807, 2.05) is 12.1 Å². The summed E-state index contributed by atoms with van der Waals surface area (Å²) < 4.78 is 32.2. The fourth-order valence-electron chi connectivity index (χ4n) is 4.17. The van der Waals surface area contributed by atoms with E-state index in [-0.39, 0.29) is 25.6 Å². The molecule has 0 fully saturated rings. The zero-order valence-corrected chi connectivity index (χ0v) is 28.2. The number of amides is 1. The number of benzene rings is 3. The van der Waals surface area contributed by atoms with Gasteiger partial charge in [0.05, 0.1) is 28.0 Å². The minimum atomic E-state index is -0.638. The molecule has 13 heteroatoms. The van der Waals surface area contributed by atoms with Gasteiger partial charge in [0.25, 0.3) is 5.91 Å². The molecule has 3 N–H and O–H groups in total. The lowest BCUT2D eigenvalue weighted by molar-refractivity contribution is -0.139. The van der Waals surface area contributed by atoms with Gasteiger partial charge in [-0.25, -0.2) is 14.6 Å². The number of nitrogens with zero attached hydrogens (tertiary/aromatic N) is 1. The topological polar surface area (TPSA) is 110 Å². The van der Waals surface area contributed by atoms with Crippen LogP contribution in [0.25, 0.3) is 0 Å². The van der Waals surface area contributed by atoms with E-state index in [9.17, 15) is 14.0 Å². The molecule has 0 aliphatic carbocycles. The van der Waals surface area contributed by atoms with Crippen molar-refractivity contribution in [3.63, 3.8) is 0 Å². The van der Waals surface area contributed by atoms with Gasteiger partial charge in [0, 0.05) is 20.4 Å². The smallest absolute Gasteiger partial charge is 0.338 e. The molecule has 0 radical (unpaired) electrons. The van der Waals surface area contributed by atoms with Crippen LogP contribution < -0.4 is 25.5 Å². The summed E-state index contributed by atoms with van der Waals surface area (Å²) in [5, 5.41) is 10.5. The third kappa shape index (κ3) is 8.86. The van der Waals surface area contributed by atoms with Crippen molar-refractivity contribution in [1.29, 1.82) is 0 Å². The highest BCUT2D eigenvalue weighted by Crippen LogP contribution is 2.33. The molecule has 43 heavy (non-hydrogen) atoms. The van der Waals surface area contributed by atoms with E-state index in [0.29, 0.717) is 39.0 Å². The lowest BCUT2D eigenvalue weighted by Crippen LogP contribution is -2.45. The van der Waals surface area contributed by atoms with E-state index in [0.717, 1.165) is 12.7 Å². The predicted molar refractivity (Wildman–Crippen MR) is 181 cm³/mol. The molecule has 224 valence electrons. The van der Waals surface area contributed by atoms with Gasteiger partial charge in [-0.05, 0) is 107 Å². The predicted octanol–water partition coefficient (Wildman–Crippen LogP) is 5.50. The van der Waals surface area contributed by atoms with Crippen molar-refractivity contribution in [3.05, 3.63) is 102 Å². The van der Waals surface area contributed by atoms with Crippen molar-refractivity contribution in [2.75, 3.05) is 13.2 Å². The highest BCUT2D eigenvalue weighted by molar-refractivity contribution is 14.1. The van der Waals surface area contributed by atoms with E-state index >= 15 is 0 Å². The number of rotatable bonds is 11. The van der Waals surface area contributed by atoms with Gasteiger partial charge in [0.1, 0.15) is 23.9 Å². The number of para-hydroxylation sites is 1. The molecule has 1 aliphatic heterocycles. The molecule has 0 bridgehead atoms. The molecule has 0 saturated carbocycles. The Kier molecular flexibility index (Phi) is 11.7. The Morgan fingerprint density at radius 3 is 2.60 bits per heavy atom. The summed E-state index contributed by atoms with van der Waals surface area (Å²) in [6.07, 6.45) is 1.50. The zero-order chi connectivity index (χ0) is 30.9. The van der Waals surface area contributed by atoms with Crippen molar-refractivity contribution < 1.29 is 28.2 Å². The number of carbonyl (C=O) groups is 2. The Morgan fingerprint density at radius 1 is 1.12 bits per heavy atom. The molecule has 0 saturated heterocycles. The number of hydrogen-bond donors (Lipinski definition) is 3. The zero-order valence-electron chi connectivity index (χ0n) is 23.1. The van der Waals surface area contributed by atoms with Crippen LogP contribution >= 0.6 is 57.4 Å². The average molecular weight is 828 g/mol. The van der Waals surface area contributed by atoms with Gasteiger partial charge in [0.15, 0.2) is 11.7 Å². The molecule has 0 unspecified atom stereocenters. The van der Waals surface area contributed by atoms with Crippen LogP contribution in [0.4, 0.5) is 4.39 Å². The second-order valence-electron chi connectivity index (χ2n) is 9.13. The summed E-state index contributed by atoms with van der Waals surface area (Å²) in [4.78, 5) is 25.4. The van der Waals surface area contributed by atoms with Crippen molar-refractivity contribution in [1.82, 2.24) is 16.1 Å². The van der Waals surface area contributed by atoms with Gasteiger partial charge in [-0.1, -0.05) is 30.3 Å². The fourth-order valence-corrected chi connectivity index (χ4v) is 6.49. The van der Waals surface area contributed by atoms with E-state index in [1.165, 1.54) is 18.3 Å². The Morgan fingerprint density at radius 2 is 1.86 bits per heavy atom. The molecule has 1 amide bonds. The first-order valence-electron chi connectivity index (χ1n) is 13.0. The monoisotopic (exact) mass is 828 g/mol. The molecule has 9 nitrogen and oxygen atoms in total. The van der Waals surface area contributed by atoms with E-state index in [2.05, 4.69) is 66.3 Å². The van der Waals surface area contributed by atoms with Gasteiger partial charge in [-0.15, -0.1) is 0 Å². The van der Waals surface area contributed by atoms with Gasteiger partial charge in [-0.3, -0.25) is 4.79 Å². The quantitative estimate of drug-likeness (QED) is 0.0766. The summed E-state index contributed by atoms with van der Waals surface area (Å²) in [5.74, 6) is -0.320. The molecule has 3 aromatic carbocycles. The van der Waals surface area contributed by atoms with E-state index in [1.54, 1.807) is 50.2 Å². The standard InChI is InChI=1S/C30H27FI2N4O5S/c1-3-40-29(39)26-17(2)35-30(43)36-27(26)22-6-4-5-7-24(22)41-16-25(38)37-34-14-19-12-21(32)13-23(33)28(19)42-15-18-8-10-20(31)11-9-18/h4-14,27H,3,15-16H2,1-2H3,(H,37,38)(H2,35,36,43)/t27-/m1/s1. The minimum Gasteiger partial charge on any atom is -0.487 e. The summed E-state index contributed by atoms with van der Waals surface area (Å²) >= 11 is 9.68. The van der Waals surface area contributed by atoms with Gasteiger partial charge < -0.3 is 24.8 Å². The van der Waals surface area contributed by atoms with Crippen molar-refractivity contribution in [2.45, 2.75) is 26.5 Å². The first-order chi connectivity index (χ1) is 20.7. The normalized spacial score (nSPS) is 14.6. The van der Waals surface area contributed by atoms with Crippen LogP contribution in [0.15, 0.2) is 77.0 Å². The van der Waals surface area contributed by atoms with Gasteiger partial charge in [0.2, 0.25) is 0 Å². The number of nitrogens with one attached hydrogen (secondary N) is 3. The lowest BCUT2D eigenvalue weighted by atomic mass is 9.95. The Hall–Kier alpha value is -3.31. The van der Waals surface area contributed by atoms with Crippen LogP contribution in [0.1, 0.15) is 36.6 Å². The number of hydrazone groups is 1. The highest BCUT2D eigenvalue weighted by Gasteiger charge is 2.32. The maximum absolute atomic E-state index is 13.3. The SMILES string of the molecule is CCOC(=O)C1=C(C)NC(=S)N[C@@H]1c1ccccc1OCC(=O)NN=Cc1cc(I)cc(I)c1OCc1ccc(F)cc1. The van der Waals surface area contributed by atoms with Crippen LogP contribution in [-0.2, 0) is 20.9 Å². The summed E-state index contributed by atoms with van der Waals surface area (Å²) in [6, 6.07) is 16.3. The molecule has 1 aliphatic rings. The molecule has 3 aromatic rings. The molecule has 0 spiro atoms. The Balaban J connectivity index is 1.43. The summed E-state index contributed by atoms with van der Waals surface area (Å²) in [6.45, 7) is 3.60. The molecular weight excluding hydrogens is 801 g/mol. The Labute approximate surface area is 280 Å². The maximum Gasteiger partial charge on any atom is 0.338 e. The minimum absolute atomic E-state index is 0.217. The number of halogens is 3. The first kappa shape index (κ1) is 32.6. The number of hydrogen-bond acceptors (Lipinski definition) is 7. The van der Waals surface area contributed by atoms with Crippen molar-refractivity contribution in [3.8, 4) is 11.5 Å². The van der Waals surface area contributed by atoms with Crippen LogP contribution in [0, 0.1) is 13.0 Å². The maximum atomic E-state index is 13.3. The molecule has 4 rings (SSSR count). The van der Waals surface area contributed by atoms with E-state index < -0.39 is 17.9 Å². The number of thiocarbonyl (C=S) groups is 1. The largest absolute Gasteiger partial charge is 0.487 e. The first-order valence-corrected chi connectivity index (χ1v) is 15.6. The number of ether oxygens (including phenoxy) is 3. The van der Waals surface area contributed by atoms with Crippen LogP contribution in [-0.4, -0.2) is 36.4 Å². The third-order valence-electron chi connectivity index (χ3n) is 6.08. The molecule has 1 heterocycles. The van der Waals surface area contributed by atoms with Crippen molar-refractivity contribution >= 4 is 80.6 Å².